The van der Waals surface area contributed by atoms with Crippen molar-refractivity contribution >= 4 is 5.97 Å². The van der Waals surface area contributed by atoms with E-state index in [0.29, 0.717) is 12.3 Å². The number of hydrogen-bond donors (Lipinski definition) is 3. The first-order valence-electron chi connectivity index (χ1n) is 4.86. The number of aliphatic carboxylic acids is 1. The van der Waals surface area contributed by atoms with Crippen molar-refractivity contribution in [1.29, 1.82) is 0 Å². The minimum atomic E-state index is -0.965. The third-order valence-corrected chi connectivity index (χ3v) is 2.75. The van der Waals surface area contributed by atoms with E-state index in [-0.39, 0.29) is 0 Å². The molecule has 0 spiro atoms. The molecule has 1 aliphatic carbocycles. The van der Waals surface area contributed by atoms with Gasteiger partial charge in [0.1, 0.15) is 6.04 Å². The number of rotatable bonds is 4. The maximum Gasteiger partial charge on any atom is 0.323 e. The van der Waals surface area contributed by atoms with E-state index in [9.17, 15) is 4.79 Å². The first-order chi connectivity index (χ1) is 6.24. The molecule has 1 fully saturated rings. The molecule has 13 heavy (non-hydrogen) atoms. The van der Waals surface area contributed by atoms with Crippen LogP contribution in [0.3, 0.4) is 0 Å². The topological polar surface area (TPSA) is 69.6 Å². The van der Waals surface area contributed by atoms with Crippen LogP contribution in [0, 0.1) is 5.92 Å². The summed E-state index contributed by atoms with van der Waals surface area (Å²) in [5.41, 5.74) is 1.85. The average molecular weight is 187 g/mol. The molecule has 3 N–H and O–H groups in total. The average Bonchev–Trinajstić information content (AvgIpc) is 2.15. The molecule has 1 saturated carbocycles. The van der Waals surface area contributed by atoms with Gasteiger partial charge >= 0.3 is 5.97 Å². The predicted octanol–water partition coefficient (Wildman–Crippen LogP) is 1.39. The van der Waals surface area contributed by atoms with Crippen molar-refractivity contribution in [2.45, 2.75) is 44.6 Å². The van der Waals surface area contributed by atoms with Crippen LogP contribution in [0.1, 0.15) is 38.5 Å². The number of hydrogen-bond acceptors (Lipinski definition) is 3. The maximum absolute atomic E-state index is 10.6. The largest absolute Gasteiger partial charge is 0.480 e. The van der Waals surface area contributed by atoms with Gasteiger partial charge in [-0.2, -0.15) is 5.48 Å². The monoisotopic (exact) mass is 187 g/mol. The highest BCUT2D eigenvalue weighted by Crippen LogP contribution is 2.27. The summed E-state index contributed by atoms with van der Waals surface area (Å²) in [6.45, 7) is 0. The number of carbonyl (C=O) groups is 1. The van der Waals surface area contributed by atoms with Gasteiger partial charge in [0, 0.05) is 0 Å². The lowest BCUT2D eigenvalue weighted by molar-refractivity contribution is -0.143. The minimum Gasteiger partial charge on any atom is -0.480 e. The second kappa shape index (κ2) is 5.19. The van der Waals surface area contributed by atoms with Gasteiger partial charge in [-0.1, -0.05) is 32.1 Å². The van der Waals surface area contributed by atoms with Gasteiger partial charge in [-0.15, -0.1) is 0 Å². The van der Waals surface area contributed by atoms with Crippen LogP contribution >= 0.6 is 0 Å². The Morgan fingerprint density at radius 2 is 2.00 bits per heavy atom. The molecule has 0 bridgehead atoms. The SMILES string of the molecule is O=C(O)[C@H](CC1CCCCC1)NO. The molecule has 4 heteroatoms. The van der Waals surface area contributed by atoms with Crippen molar-refractivity contribution < 1.29 is 15.1 Å². The summed E-state index contributed by atoms with van der Waals surface area (Å²) in [5.74, 6) is -0.498. The smallest absolute Gasteiger partial charge is 0.323 e. The van der Waals surface area contributed by atoms with E-state index in [1.165, 1.54) is 19.3 Å². The third kappa shape index (κ3) is 3.32. The van der Waals surface area contributed by atoms with Crippen molar-refractivity contribution in [3.05, 3.63) is 0 Å². The van der Waals surface area contributed by atoms with Crippen LogP contribution in [-0.2, 0) is 4.79 Å². The van der Waals surface area contributed by atoms with E-state index in [1.807, 2.05) is 5.48 Å². The Balaban J connectivity index is 2.31. The van der Waals surface area contributed by atoms with E-state index in [4.69, 9.17) is 10.3 Å². The van der Waals surface area contributed by atoms with Gasteiger partial charge in [-0.25, -0.2) is 0 Å². The second-order valence-electron chi connectivity index (χ2n) is 3.76. The van der Waals surface area contributed by atoms with Gasteiger partial charge in [-0.05, 0) is 12.3 Å². The Kier molecular flexibility index (Phi) is 4.18. The first-order valence-corrected chi connectivity index (χ1v) is 4.86. The molecule has 0 heterocycles. The molecular weight excluding hydrogens is 170 g/mol. The summed E-state index contributed by atoms with van der Waals surface area (Å²) in [7, 11) is 0. The summed E-state index contributed by atoms with van der Waals surface area (Å²) in [4.78, 5) is 10.6. The molecule has 0 aromatic heterocycles. The predicted molar refractivity (Wildman–Crippen MR) is 47.5 cm³/mol. The fourth-order valence-corrected chi connectivity index (χ4v) is 1.96. The van der Waals surface area contributed by atoms with Gasteiger partial charge in [0.05, 0.1) is 0 Å². The van der Waals surface area contributed by atoms with Crippen LogP contribution in [0.25, 0.3) is 0 Å². The van der Waals surface area contributed by atoms with E-state index in [1.54, 1.807) is 0 Å². The van der Waals surface area contributed by atoms with Crippen LogP contribution < -0.4 is 5.48 Å². The Morgan fingerprint density at radius 3 is 2.46 bits per heavy atom. The Morgan fingerprint density at radius 1 is 1.38 bits per heavy atom. The number of nitrogens with one attached hydrogen (secondary N) is 1. The maximum atomic E-state index is 10.6. The lowest BCUT2D eigenvalue weighted by Gasteiger charge is -2.23. The minimum absolute atomic E-state index is 0.467. The lowest BCUT2D eigenvalue weighted by atomic mass is 9.85. The molecule has 0 amide bonds. The van der Waals surface area contributed by atoms with Crippen molar-refractivity contribution in [1.82, 2.24) is 5.48 Å². The quantitative estimate of drug-likeness (QED) is 0.582. The molecule has 4 nitrogen and oxygen atoms in total. The van der Waals surface area contributed by atoms with E-state index < -0.39 is 12.0 Å². The molecule has 1 rings (SSSR count). The molecule has 0 aliphatic heterocycles. The molecule has 0 aromatic carbocycles. The zero-order valence-electron chi connectivity index (χ0n) is 7.70. The highest BCUT2D eigenvalue weighted by molar-refractivity contribution is 5.73. The zero-order chi connectivity index (χ0) is 9.68. The molecule has 0 unspecified atom stereocenters. The molecule has 1 atom stereocenters. The van der Waals surface area contributed by atoms with E-state index >= 15 is 0 Å². The molecule has 1 aliphatic rings. The van der Waals surface area contributed by atoms with Gasteiger partial charge in [0.25, 0.3) is 0 Å². The standard InChI is InChI=1S/C9H17NO3/c11-9(12)8(10-13)6-7-4-2-1-3-5-7/h7-8,10,13H,1-6H2,(H,11,12)/t8-/m0/s1. The summed E-state index contributed by atoms with van der Waals surface area (Å²) < 4.78 is 0. The Bertz CT molecular complexity index is 166. The third-order valence-electron chi connectivity index (χ3n) is 2.75. The fourth-order valence-electron chi connectivity index (χ4n) is 1.96. The van der Waals surface area contributed by atoms with Crippen LogP contribution in [0.2, 0.25) is 0 Å². The van der Waals surface area contributed by atoms with Crippen LogP contribution in [-0.4, -0.2) is 22.3 Å². The number of carboxylic acid groups (broad SMARTS) is 1. The van der Waals surface area contributed by atoms with Gasteiger partial charge in [0.15, 0.2) is 0 Å². The molecule has 0 aromatic rings. The van der Waals surface area contributed by atoms with Crippen LogP contribution in [0.15, 0.2) is 0 Å². The summed E-state index contributed by atoms with van der Waals surface area (Å²) in [5, 5.41) is 17.3. The fraction of sp³-hybridized carbons (Fsp3) is 0.889. The highest BCUT2D eigenvalue weighted by Gasteiger charge is 2.22. The summed E-state index contributed by atoms with van der Waals surface area (Å²) in [6.07, 6.45) is 6.41. The van der Waals surface area contributed by atoms with Crippen LogP contribution in [0.5, 0.6) is 0 Å². The van der Waals surface area contributed by atoms with E-state index in [2.05, 4.69) is 0 Å². The molecule has 0 saturated heterocycles. The summed E-state index contributed by atoms with van der Waals surface area (Å²) >= 11 is 0. The lowest BCUT2D eigenvalue weighted by Crippen LogP contribution is -2.36. The Hall–Kier alpha value is -0.610. The van der Waals surface area contributed by atoms with Gasteiger partial charge < -0.3 is 10.3 Å². The normalized spacial score (nSPS) is 21.3. The first kappa shape index (κ1) is 10.5. The second-order valence-corrected chi connectivity index (χ2v) is 3.76. The van der Waals surface area contributed by atoms with Crippen molar-refractivity contribution in [2.75, 3.05) is 0 Å². The summed E-state index contributed by atoms with van der Waals surface area (Å²) in [6, 6.07) is -0.789. The van der Waals surface area contributed by atoms with Crippen LogP contribution in [0.4, 0.5) is 0 Å². The number of carboxylic acids is 1. The van der Waals surface area contributed by atoms with Crippen molar-refractivity contribution in [3.63, 3.8) is 0 Å². The van der Waals surface area contributed by atoms with Gasteiger partial charge in [0.2, 0.25) is 0 Å². The molecule has 76 valence electrons. The zero-order valence-corrected chi connectivity index (χ0v) is 7.70. The van der Waals surface area contributed by atoms with E-state index in [0.717, 1.165) is 12.8 Å². The molecular formula is C9H17NO3. The highest BCUT2D eigenvalue weighted by atomic mass is 16.5. The van der Waals surface area contributed by atoms with Crippen molar-refractivity contribution in [3.8, 4) is 0 Å². The van der Waals surface area contributed by atoms with Gasteiger partial charge in [-0.3, -0.25) is 4.79 Å². The number of hydroxylamine groups is 1. The van der Waals surface area contributed by atoms with Crippen molar-refractivity contribution in [2.24, 2.45) is 5.92 Å². The molecule has 0 radical (unpaired) electrons. The Labute approximate surface area is 77.9 Å².